The van der Waals surface area contributed by atoms with E-state index >= 15 is 0 Å². The van der Waals surface area contributed by atoms with Crippen molar-refractivity contribution in [1.82, 2.24) is 24.6 Å². The van der Waals surface area contributed by atoms with Crippen LogP contribution in [0.3, 0.4) is 0 Å². The van der Waals surface area contributed by atoms with Crippen LogP contribution in [0.5, 0.6) is 0 Å². The van der Waals surface area contributed by atoms with Gasteiger partial charge in [0.25, 0.3) is 0 Å². The number of hydrogen-bond acceptors (Lipinski definition) is 8. The summed E-state index contributed by atoms with van der Waals surface area (Å²) in [6.45, 7) is 8.31. The van der Waals surface area contributed by atoms with Crippen LogP contribution in [0.1, 0.15) is 51.2 Å². The van der Waals surface area contributed by atoms with Gasteiger partial charge in [-0.05, 0) is 43.9 Å². The molecular weight excluding hydrogens is 451 g/mol. The number of nitrogens with one attached hydrogen (secondary N) is 1. The van der Waals surface area contributed by atoms with Gasteiger partial charge < -0.3 is 20.3 Å². The van der Waals surface area contributed by atoms with Crippen LogP contribution in [0.2, 0.25) is 0 Å². The molecule has 4 aromatic rings. The van der Waals surface area contributed by atoms with Crippen molar-refractivity contribution in [2.24, 2.45) is 0 Å². The third-order valence-corrected chi connectivity index (χ3v) is 6.40. The number of halogens is 1. The number of aliphatic hydroxyl groups is 2. The van der Waals surface area contributed by atoms with E-state index in [9.17, 15) is 14.6 Å². The molecule has 0 spiro atoms. The first-order chi connectivity index (χ1) is 16.6. The fourth-order valence-electron chi connectivity index (χ4n) is 4.83. The third kappa shape index (κ3) is 4.22. The lowest BCUT2D eigenvalue weighted by Crippen LogP contribution is -2.42. The SMILES string of the molecule is CC(C)c1c(C(C)(C)O)c2ncnn2c2ccc(-c3nc(N[C@@H]4CCOC[C@H]4O)ncc3F)cc12. The molecule has 0 bridgehead atoms. The van der Waals surface area contributed by atoms with E-state index in [1.807, 2.05) is 12.1 Å². The summed E-state index contributed by atoms with van der Waals surface area (Å²) in [7, 11) is 0. The van der Waals surface area contributed by atoms with E-state index in [-0.39, 0.29) is 30.2 Å². The lowest BCUT2D eigenvalue weighted by Gasteiger charge is -2.28. The molecule has 0 radical (unpaired) electrons. The van der Waals surface area contributed by atoms with E-state index in [0.717, 1.165) is 22.7 Å². The van der Waals surface area contributed by atoms with Crippen molar-refractivity contribution in [3.8, 4) is 11.3 Å². The quantitative estimate of drug-likeness (QED) is 0.398. The normalized spacial score (nSPS) is 19.1. The van der Waals surface area contributed by atoms with E-state index in [2.05, 4.69) is 39.2 Å². The number of nitrogens with zero attached hydrogens (tertiary/aromatic N) is 5. The van der Waals surface area contributed by atoms with Gasteiger partial charge in [0, 0.05) is 23.1 Å². The average Bonchev–Trinajstić information content (AvgIpc) is 3.29. The molecule has 0 unspecified atom stereocenters. The maximum Gasteiger partial charge on any atom is 0.223 e. The van der Waals surface area contributed by atoms with Crippen LogP contribution >= 0.6 is 0 Å². The molecule has 1 fully saturated rings. The topological polar surface area (TPSA) is 118 Å². The minimum Gasteiger partial charge on any atom is -0.389 e. The lowest BCUT2D eigenvalue weighted by molar-refractivity contribution is -0.0136. The molecule has 35 heavy (non-hydrogen) atoms. The molecule has 9 nitrogen and oxygen atoms in total. The van der Waals surface area contributed by atoms with Crippen LogP contribution in [-0.4, -0.2) is 60.1 Å². The Labute approximate surface area is 202 Å². The van der Waals surface area contributed by atoms with Gasteiger partial charge in [0.1, 0.15) is 12.0 Å². The maximum atomic E-state index is 15.0. The zero-order chi connectivity index (χ0) is 24.9. The predicted octanol–water partition coefficient (Wildman–Crippen LogP) is 3.39. The smallest absolute Gasteiger partial charge is 0.223 e. The van der Waals surface area contributed by atoms with Gasteiger partial charge in [0.15, 0.2) is 11.5 Å². The molecule has 10 heteroatoms. The maximum absolute atomic E-state index is 15.0. The second-order valence-electron chi connectivity index (χ2n) is 9.80. The highest BCUT2D eigenvalue weighted by atomic mass is 19.1. The zero-order valence-corrected chi connectivity index (χ0v) is 20.2. The van der Waals surface area contributed by atoms with Crippen LogP contribution in [0.15, 0.2) is 30.7 Å². The Balaban J connectivity index is 1.67. The molecule has 184 valence electrons. The second-order valence-corrected chi connectivity index (χ2v) is 9.80. The summed E-state index contributed by atoms with van der Waals surface area (Å²) in [6, 6.07) is 5.25. The number of aliphatic hydroxyl groups excluding tert-OH is 1. The van der Waals surface area contributed by atoms with Crippen molar-refractivity contribution in [3.63, 3.8) is 0 Å². The highest BCUT2D eigenvalue weighted by Gasteiger charge is 2.29. The molecule has 3 aromatic heterocycles. The first-order valence-corrected chi connectivity index (χ1v) is 11.7. The van der Waals surface area contributed by atoms with E-state index < -0.39 is 17.5 Å². The van der Waals surface area contributed by atoms with Gasteiger partial charge >= 0.3 is 0 Å². The zero-order valence-electron chi connectivity index (χ0n) is 20.2. The van der Waals surface area contributed by atoms with Gasteiger partial charge in [-0.15, -0.1) is 0 Å². The van der Waals surface area contributed by atoms with E-state index in [1.165, 1.54) is 6.33 Å². The highest BCUT2D eigenvalue weighted by Crippen LogP contribution is 2.39. The summed E-state index contributed by atoms with van der Waals surface area (Å²) in [6.07, 6.45) is 2.50. The number of aromatic nitrogens is 5. The minimum atomic E-state index is -1.17. The Bertz CT molecular complexity index is 1400. The third-order valence-electron chi connectivity index (χ3n) is 6.40. The highest BCUT2D eigenvalue weighted by molar-refractivity contribution is 5.91. The molecule has 0 saturated carbocycles. The summed E-state index contributed by atoms with van der Waals surface area (Å²) in [5.74, 6) is -0.267. The predicted molar refractivity (Wildman–Crippen MR) is 130 cm³/mol. The Morgan fingerprint density at radius 2 is 2.06 bits per heavy atom. The van der Waals surface area contributed by atoms with Crippen LogP contribution in [0, 0.1) is 5.82 Å². The van der Waals surface area contributed by atoms with E-state index in [1.54, 1.807) is 24.4 Å². The standard InChI is InChI=1S/C25H29FN6O3/c1-13(2)20-15-9-14(5-6-18(15)32-23(28-12-29-32)21(20)25(3,4)34)22-16(26)10-27-24(31-22)30-17-7-8-35-11-19(17)33/h5-6,9-10,12-13,17,19,33-34H,7-8,11H2,1-4H3,(H,27,30,31)/t17-,19-/m1/s1. The number of anilines is 1. The number of rotatable bonds is 5. The number of pyridine rings is 1. The summed E-state index contributed by atoms with van der Waals surface area (Å²) < 4.78 is 21.9. The Hall–Kier alpha value is -3.21. The van der Waals surface area contributed by atoms with Gasteiger partial charge in [0.05, 0.1) is 36.1 Å². The Morgan fingerprint density at radius 3 is 2.77 bits per heavy atom. The Kier molecular flexibility index (Phi) is 5.90. The molecule has 3 N–H and O–H groups in total. The molecule has 2 atom stereocenters. The molecule has 1 aromatic carbocycles. The second kappa shape index (κ2) is 8.78. The molecular formula is C25H29FN6O3. The first kappa shape index (κ1) is 23.5. The number of hydrogen-bond donors (Lipinski definition) is 3. The van der Waals surface area contributed by atoms with Crippen LogP contribution in [0.25, 0.3) is 27.8 Å². The van der Waals surface area contributed by atoms with E-state index in [0.29, 0.717) is 29.8 Å². The van der Waals surface area contributed by atoms with Crippen molar-refractivity contribution in [3.05, 3.63) is 47.7 Å². The summed E-state index contributed by atoms with van der Waals surface area (Å²) >= 11 is 0. The van der Waals surface area contributed by atoms with E-state index in [4.69, 9.17) is 4.74 Å². The number of fused-ring (bicyclic) bond motifs is 3. The first-order valence-electron chi connectivity index (χ1n) is 11.7. The Morgan fingerprint density at radius 1 is 1.26 bits per heavy atom. The van der Waals surface area contributed by atoms with Crippen molar-refractivity contribution in [2.45, 2.75) is 57.8 Å². The summed E-state index contributed by atoms with van der Waals surface area (Å²) in [4.78, 5) is 12.9. The number of benzene rings is 1. The van der Waals surface area contributed by atoms with Crippen molar-refractivity contribution in [1.29, 1.82) is 0 Å². The average molecular weight is 481 g/mol. The molecule has 0 amide bonds. The van der Waals surface area contributed by atoms with Gasteiger partial charge in [-0.3, -0.25) is 0 Å². The van der Waals surface area contributed by atoms with Gasteiger partial charge in [-0.25, -0.2) is 23.9 Å². The summed E-state index contributed by atoms with van der Waals surface area (Å²) in [5.41, 5.74) is 2.55. The minimum absolute atomic E-state index is 0.0540. The van der Waals surface area contributed by atoms with Crippen LogP contribution < -0.4 is 5.32 Å². The molecule has 4 heterocycles. The molecule has 5 rings (SSSR count). The fraction of sp³-hybridized carbons (Fsp3) is 0.440. The monoisotopic (exact) mass is 480 g/mol. The molecule has 1 aliphatic rings. The molecule has 1 saturated heterocycles. The van der Waals surface area contributed by atoms with Gasteiger partial charge in [0.2, 0.25) is 5.95 Å². The number of ether oxygens (including phenoxy) is 1. The fourth-order valence-corrected chi connectivity index (χ4v) is 4.83. The van der Waals surface area contributed by atoms with Crippen LogP contribution in [-0.2, 0) is 10.3 Å². The largest absolute Gasteiger partial charge is 0.389 e. The lowest BCUT2D eigenvalue weighted by atomic mass is 9.85. The van der Waals surface area contributed by atoms with Crippen molar-refractivity contribution < 1.29 is 19.3 Å². The van der Waals surface area contributed by atoms with Gasteiger partial charge in [-0.1, -0.05) is 19.9 Å². The van der Waals surface area contributed by atoms with Crippen molar-refractivity contribution in [2.75, 3.05) is 18.5 Å². The summed E-state index contributed by atoms with van der Waals surface area (Å²) in [5, 5.41) is 29.5. The molecule has 1 aliphatic heterocycles. The van der Waals surface area contributed by atoms with Crippen LogP contribution in [0.4, 0.5) is 10.3 Å². The molecule has 0 aliphatic carbocycles. The van der Waals surface area contributed by atoms with Crippen molar-refractivity contribution >= 4 is 22.5 Å². The van der Waals surface area contributed by atoms with Gasteiger partial charge in [-0.2, -0.15) is 5.10 Å².